The van der Waals surface area contributed by atoms with Gasteiger partial charge in [0.15, 0.2) is 0 Å². The van der Waals surface area contributed by atoms with Gasteiger partial charge in [-0.3, -0.25) is 24.5 Å². The summed E-state index contributed by atoms with van der Waals surface area (Å²) in [5.41, 5.74) is -0.957. The van der Waals surface area contributed by atoms with Crippen molar-refractivity contribution in [3.63, 3.8) is 0 Å². The number of carbonyl (C=O) groups is 3. The topological polar surface area (TPSA) is 116 Å². The number of nitrogens with one attached hydrogen (secondary N) is 1. The van der Waals surface area contributed by atoms with Crippen molar-refractivity contribution in [1.82, 2.24) is 15.1 Å². The summed E-state index contributed by atoms with van der Waals surface area (Å²) < 4.78 is 39.2. The number of para-hydroxylation sites is 1. The van der Waals surface area contributed by atoms with Crippen LogP contribution in [0.15, 0.2) is 72.8 Å². The number of nitrogens with zero attached hydrogens (tertiary/aromatic N) is 4. The zero-order valence-corrected chi connectivity index (χ0v) is 24.0. The van der Waals surface area contributed by atoms with E-state index in [1.807, 2.05) is 35.2 Å². The molecule has 2 saturated heterocycles. The molecule has 3 aromatic rings. The Bertz CT molecular complexity index is 1600. The molecular weight excluding hydrogens is 603 g/mol. The third kappa shape index (κ3) is 6.18. The van der Waals surface area contributed by atoms with Crippen molar-refractivity contribution in [2.45, 2.75) is 31.1 Å². The summed E-state index contributed by atoms with van der Waals surface area (Å²) in [7, 11) is 0. The van der Waals surface area contributed by atoms with Crippen molar-refractivity contribution in [3.05, 3.63) is 105 Å². The van der Waals surface area contributed by atoms with E-state index < -0.39 is 34.0 Å². The molecule has 1 spiro atoms. The molecule has 10 nitrogen and oxygen atoms in total. The Hall–Kier alpha value is -4.65. The first-order valence-corrected chi connectivity index (χ1v) is 14.0. The molecule has 2 heterocycles. The molecular formula is C30H27ClF3N5O5. The van der Waals surface area contributed by atoms with Gasteiger partial charge in [0.25, 0.3) is 17.5 Å². The van der Waals surface area contributed by atoms with Crippen LogP contribution in [0.1, 0.15) is 34.3 Å². The maximum absolute atomic E-state index is 13.9. The Kier molecular flexibility index (Phi) is 8.51. The second-order valence-corrected chi connectivity index (χ2v) is 11.0. The van der Waals surface area contributed by atoms with Crippen LogP contribution >= 0.6 is 11.6 Å². The lowest BCUT2D eigenvalue weighted by Crippen LogP contribution is -2.57. The van der Waals surface area contributed by atoms with Gasteiger partial charge in [-0.2, -0.15) is 13.2 Å². The maximum Gasteiger partial charge on any atom is 0.416 e. The Labute approximate surface area is 255 Å². The normalized spacial score (nSPS) is 16.4. The van der Waals surface area contributed by atoms with E-state index in [1.165, 1.54) is 29.2 Å². The smallest absolute Gasteiger partial charge is 0.350 e. The van der Waals surface area contributed by atoms with Gasteiger partial charge >= 0.3 is 6.18 Å². The Morgan fingerprint density at radius 2 is 1.70 bits per heavy atom. The fraction of sp³-hybridized carbons (Fsp3) is 0.300. The molecule has 230 valence electrons. The van der Waals surface area contributed by atoms with E-state index in [4.69, 9.17) is 11.6 Å². The molecule has 44 heavy (non-hydrogen) atoms. The van der Waals surface area contributed by atoms with Gasteiger partial charge in [-0.1, -0.05) is 41.9 Å². The molecule has 3 aromatic carbocycles. The monoisotopic (exact) mass is 629 g/mol. The van der Waals surface area contributed by atoms with Crippen LogP contribution in [0.4, 0.5) is 24.5 Å². The number of hydrogen-bond acceptors (Lipinski definition) is 6. The minimum Gasteiger partial charge on any atom is -0.350 e. The van der Waals surface area contributed by atoms with E-state index in [2.05, 4.69) is 5.32 Å². The number of likely N-dealkylation sites (tertiary alicyclic amines) is 1. The highest BCUT2D eigenvalue weighted by Crippen LogP contribution is 2.40. The number of halogens is 4. The molecule has 0 radical (unpaired) electrons. The maximum atomic E-state index is 13.9. The minimum atomic E-state index is -4.51. The predicted molar refractivity (Wildman–Crippen MR) is 155 cm³/mol. The van der Waals surface area contributed by atoms with Crippen LogP contribution in [0.25, 0.3) is 0 Å². The Balaban J connectivity index is 1.29. The number of anilines is 1. The van der Waals surface area contributed by atoms with E-state index in [0.29, 0.717) is 0 Å². The standard InChI is InChI=1S/C30H27ClF3N5O5/c31-25-16-23(39(43)44)9-10-24(25)27(41)36-13-11-29(12-14-36)28(42)37(19-38(29)22-7-2-1-3-8-22)18-26(40)35-17-20-5-4-6-21(15-20)30(32,33)34/h1-10,15-16H,11-14,17-19H2,(H,35,40). The zero-order valence-electron chi connectivity index (χ0n) is 23.2. The van der Waals surface area contributed by atoms with E-state index in [1.54, 1.807) is 4.90 Å². The number of alkyl halides is 3. The highest BCUT2D eigenvalue weighted by molar-refractivity contribution is 6.34. The molecule has 0 atom stereocenters. The van der Waals surface area contributed by atoms with Crippen molar-refractivity contribution in [2.75, 3.05) is 31.2 Å². The molecule has 2 fully saturated rings. The molecule has 2 aliphatic rings. The molecule has 0 bridgehead atoms. The van der Waals surface area contributed by atoms with E-state index >= 15 is 0 Å². The van der Waals surface area contributed by atoms with Gasteiger partial charge in [-0.05, 0) is 48.7 Å². The lowest BCUT2D eigenvalue weighted by atomic mass is 9.85. The van der Waals surface area contributed by atoms with Gasteiger partial charge in [0, 0.05) is 37.5 Å². The Morgan fingerprint density at radius 1 is 1.00 bits per heavy atom. The predicted octanol–water partition coefficient (Wildman–Crippen LogP) is 4.86. The third-order valence-corrected chi connectivity index (χ3v) is 8.24. The fourth-order valence-corrected chi connectivity index (χ4v) is 5.91. The molecule has 0 aliphatic carbocycles. The van der Waals surface area contributed by atoms with Gasteiger partial charge in [0.2, 0.25) is 5.91 Å². The van der Waals surface area contributed by atoms with Crippen molar-refractivity contribution in [1.29, 1.82) is 0 Å². The highest BCUT2D eigenvalue weighted by Gasteiger charge is 2.54. The number of benzene rings is 3. The minimum absolute atomic E-state index is 0.0466. The molecule has 0 aromatic heterocycles. The van der Waals surface area contributed by atoms with Crippen molar-refractivity contribution in [2.24, 2.45) is 0 Å². The number of amides is 3. The molecule has 14 heteroatoms. The van der Waals surface area contributed by atoms with Crippen molar-refractivity contribution >= 4 is 40.7 Å². The molecule has 2 aliphatic heterocycles. The second-order valence-electron chi connectivity index (χ2n) is 10.6. The van der Waals surface area contributed by atoms with Gasteiger partial charge < -0.3 is 20.0 Å². The molecule has 3 amide bonds. The summed E-state index contributed by atoms with van der Waals surface area (Å²) in [6, 6.07) is 17.5. The lowest BCUT2D eigenvalue weighted by molar-refractivity contribution is -0.384. The van der Waals surface area contributed by atoms with Gasteiger partial charge in [0.05, 0.1) is 27.7 Å². The van der Waals surface area contributed by atoms with Crippen molar-refractivity contribution < 1.29 is 32.5 Å². The summed E-state index contributed by atoms with van der Waals surface area (Å²) in [5, 5.41) is 13.6. The molecule has 0 unspecified atom stereocenters. The number of nitro benzene ring substituents is 1. The largest absolute Gasteiger partial charge is 0.416 e. The van der Waals surface area contributed by atoms with E-state index in [9.17, 15) is 37.7 Å². The summed E-state index contributed by atoms with van der Waals surface area (Å²) in [5.74, 6) is -1.24. The Morgan fingerprint density at radius 3 is 2.34 bits per heavy atom. The van der Waals surface area contributed by atoms with Crippen molar-refractivity contribution in [3.8, 4) is 0 Å². The summed E-state index contributed by atoms with van der Waals surface area (Å²) in [4.78, 5) is 55.3. The SMILES string of the molecule is O=C(CN1CN(c2ccccc2)C2(CCN(C(=O)c3ccc([N+](=O)[O-])cc3Cl)CC2)C1=O)NCc1cccc(C(F)(F)F)c1. The lowest BCUT2D eigenvalue weighted by Gasteiger charge is -2.43. The number of rotatable bonds is 7. The van der Waals surface area contributed by atoms with E-state index in [0.717, 1.165) is 23.9 Å². The quantitative estimate of drug-likeness (QED) is 0.295. The van der Waals surface area contributed by atoms with Crippen LogP contribution in [0, 0.1) is 10.1 Å². The van der Waals surface area contributed by atoms with Gasteiger partial charge in [-0.25, -0.2) is 0 Å². The average Bonchev–Trinajstić information content (AvgIpc) is 3.26. The number of hydrogen-bond donors (Lipinski definition) is 1. The first-order valence-electron chi connectivity index (χ1n) is 13.7. The number of nitro groups is 1. The molecule has 1 N–H and O–H groups in total. The third-order valence-electron chi connectivity index (χ3n) is 7.93. The number of non-ortho nitro benzene ring substituents is 1. The zero-order chi connectivity index (χ0) is 31.6. The molecule has 5 rings (SSSR count). The summed E-state index contributed by atoms with van der Waals surface area (Å²) in [6.45, 7) is 0.0418. The van der Waals surface area contributed by atoms with Gasteiger partial charge in [0.1, 0.15) is 12.1 Å². The van der Waals surface area contributed by atoms with E-state index in [-0.39, 0.29) is 73.4 Å². The van der Waals surface area contributed by atoms with Crippen LogP contribution in [-0.2, 0) is 22.3 Å². The first kappa shape index (κ1) is 30.8. The summed E-state index contributed by atoms with van der Waals surface area (Å²) >= 11 is 6.19. The van der Waals surface area contributed by atoms with Crippen LogP contribution in [0.2, 0.25) is 5.02 Å². The highest BCUT2D eigenvalue weighted by atomic mass is 35.5. The fourth-order valence-electron chi connectivity index (χ4n) is 5.65. The van der Waals surface area contributed by atoms with Crippen LogP contribution in [-0.4, -0.2) is 64.3 Å². The second kappa shape index (κ2) is 12.2. The van der Waals surface area contributed by atoms with Gasteiger partial charge in [-0.15, -0.1) is 0 Å². The number of carbonyl (C=O) groups excluding carboxylic acids is 3. The molecule has 0 saturated carbocycles. The summed E-state index contributed by atoms with van der Waals surface area (Å²) in [6.07, 6.45) is -4.01. The van der Waals surface area contributed by atoms with Crippen LogP contribution in [0.3, 0.4) is 0 Å². The number of piperidine rings is 1. The first-order chi connectivity index (χ1) is 20.9. The van der Waals surface area contributed by atoms with Crippen LogP contribution in [0.5, 0.6) is 0 Å². The average molecular weight is 630 g/mol. The van der Waals surface area contributed by atoms with Crippen LogP contribution < -0.4 is 10.2 Å².